The van der Waals surface area contributed by atoms with E-state index in [2.05, 4.69) is 11.8 Å². The van der Waals surface area contributed by atoms with Gasteiger partial charge in [0, 0.05) is 32.8 Å². The first-order valence-corrected chi connectivity index (χ1v) is 7.02. The van der Waals surface area contributed by atoms with Gasteiger partial charge in [-0.1, -0.05) is 6.92 Å². The average molecular weight is 236 g/mol. The van der Waals surface area contributed by atoms with Crippen LogP contribution < -0.4 is 0 Å². The highest BCUT2D eigenvalue weighted by Gasteiger charge is 2.25. The van der Waals surface area contributed by atoms with Crippen LogP contribution in [0.4, 0.5) is 0 Å². The Hall–Kier alpha value is -0.170. The number of likely N-dealkylation sites (N-methyl/N-ethyl adjacent to an activating group) is 1. The number of aliphatic hydroxyl groups is 1. The fourth-order valence-electron chi connectivity index (χ4n) is 1.70. The average Bonchev–Trinajstić information content (AvgIpc) is 2.26. The van der Waals surface area contributed by atoms with Crippen LogP contribution in [0.1, 0.15) is 13.3 Å². The summed E-state index contributed by atoms with van der Waals surface area (Å²) < 4.78 is 25.0. The van der Waals surface area contributed by atoms with Crippen LogP contribution in [0, 0.1) is 0 Å². The molecule has 15 heavy (non-hydrogen) atoms. The minimum atomic E-state index is -3.13. The van der Waals surface area contributed by atoms with E-state index in [4.69, 9.17) is 5.11 Å². The zero-order valence-electron chi connectivity index (χ0n) is 9.22. The Morgan fingerprint density at radius 1 is 1.20 bits per heavy atom. The third-order valence-corrected chi connectivity index (χ3v) is 4.69. The van der Waals surface area contributed by atoms with E-state index in [1.165, 1.54) is 4.31 Å². The van der Waals surface area contributed by atoms with Crippen molar-refractivity contribution in [2.45, 2.75) is 13.3 Å². The molecule has 0 aromatic heterocycles. The standard InChI is InChI=1S/C9H20N2O3S/c1-2-10-4-6-11(7-5-10)15(13,14)9-3-8-12/h12H,2-9H2,1H3. The van der Waals surface area contributed by atoms with Crippen LogP contribution in [0.15, 0.2) is 0 Å². The molecule has 90 valence electrons. The van der Waals surface area contributed by atoms with Gasteiger partial charge in [0.05, 0.1) is 5.75 Å². The Morgan fingerprint density at radius 3 is 2.27 bits per heavy atom. The first-order valence-electron chi connectivity index (χ1n) is 5.41. The van der Waals surface area contributed by atoms with E-state index < -0.39 is 10.0 Å². The van der Waals surface area contributed by atoms with Crippen LogP contribution >= 0.6 is 0 Å². The number of rotatable bonds is 5. The zero-order chi connectivity index (χ0) is 11.3. The molecule has 1 aliphatic rings. The van der Waals surface area contributed by atoms with Gasteiger partial charge in [-0.2, -0.15) is 4.31 Å². The molecule has 0 unspecified atom stereocenters. The Balaban J connectivity index is 2.45. The fraction of sp³-hybridized carbons (Fsp3) is 1.00. The molecular formula is C9H20N2O3S. The van der Waals surface area contributed by atoms with Crippen molar-refractivity contribution >= 4 is 10.0 Å². The maximum absolute atomic E-state index is 11.7. The summed E-state index contributed by atoms with van der Waals surface area (Å²) in [5, 5.41) is 8.62. The lowest BCUT2D eigenvalue weighted by molar-refractivity contribution is 0.196. The van der Waals surface area contributed by atoms with Crippen molar-refractivity contribution in [1.82, 2.24) is 9.21 Å². The topological polar surface area (TPSA) is 60.9 Å². The van der Waals surface area contributed by atoms with Gasteiger partial charge < -0.3 is 10.0 Å². The van der Waals surface area contributed by atoms with Crippen molar-refractivity contribution in [2.24, 2.45) is 0 Å². The summed E-state index contributed by atoms with van der Waals surface area (Å²) in [5.41, 5.74) is 0. The van der Waals surface area contributed by atoms with Crippen molar-refractivity contribution in [3.05, 3.63) is 0 Å². The maximum Gasteiger partial charge on any atom is 0.214 e. The van der Waals surface area contributed by atoms with Crippen molar-refractivity contribution in [2.75, 3.05) is 45.1 Å². The van der Waals surface area contributed by atoms with Crippen molar-refractivity contribution in [3.63, 3.8) is 0 Å². The molecule has 0 aliphatic carbocycles. The molecule has 6 heteroatoms. The Bertz CT molecular complexity index is 271. The monoisotopic (exact) mass is 236 g/mol. The molecule has 5 nitrogen and oxygen atoms in total. The molecule has 1 fully saturated rings. The SMILES string of the molecule is CCN1CCN(S(=O)(=O)CCCO)CC1. The minimum Gasteiger partial charge on any atom is -0.396 e. The lowest BCUT2D eigenvalue weighted by Gasteiger charge is -2.33. The van der Waals surface area contributed by atoms with Gasteiger partial charge in [0.25, 0.3) is 0 Å². The van der Waals surface area contributed by atoms with Gasteiger partial charge >= 0.3 is 0 Å². The van der Waals surface area contributed by atoms with Crippen molar-refractivity contribution < 1.29 is 13.5 Å². The van der Waals surface area contributed by atoms with E-state index in [-0.39, 0.29) is 12.4 Å². The number of piperazine rings is 1. The molecule has 0 saturated carbocycles. The van der Waals surface area contributed by atoms with Gasteiger partial charge in [-0.25, -0.2) is 8.42 Å². The molecule has 1 N–H and O–H groups in total. The zero-order valence-corrected chi connectivity index (χ0v) is 10.0. The van der Waals surface area contributed by atoms with E-state index in [0.717, 1.165) is 19.6 Å². The third-order valence-electron chi connectivity index (χ3n) is 2.73. The van der Waals surface area contributed by atoms with Crippen molar-refractivity contribution in [3.8, 4) is 0 Å². The largest absolute Gasteiger partial charge is 0.396 e. The molecule has 0 radical (unpaired) electrons. The molecule has 0 aromatic rings. The van der Waals surface area contributed by atoms with Crippen LogP contribution in [0.25, 0.3) is 0 Å². The molecule has 1 aliphatic heterocycles. The highest BCUT2D eigenvalue weighted by atomic mass is 32.2. The summed E-state index contributed by atoms with van der Waals surface area (Å²) in [6.07, 6.45) is 0.330. The summed E-state index contributed by atoms with van der Waals surface area (Å²) in [5.74, 6) is 0.0651. The summed E-state index contributed by atoms with van der Waals surface area (Å²) in [6.45, 7) is 5.79. The second-order valence-electron chi connectivity index (χ2n) is 3.73. The second-order valence-corrected chi connectivity index (χ2v) is 5.81. The molecule has 1 saturated heterocycles. The summed E-state index contributed by atoms with van der Waals surface area (Å²) in [7, 11) is -3.13. The molecule has 0 bridgehead atoms. The molecule has 1 rings (SSSR count). The quantitative estimate of drug-likeness (QED) is 0.688. The Labute approximate surface area is 91.7 Å². The molecule has 0 spiro atoms. The van der Waals surface area contributed by atoms with Gasteiger partial charge in [-0.15, -0.1) is 0 Å². The first kappa shape index (κ1) is 12.9. The predicted molar refractivity (Wildman–Crippen MR) is 59.2 cm³/mol. The highest BCUT2D eigenvalue weighted by molar-refractivity contribution is 7.89. The molecule has 1 heterocycles. The molecular weight excluding hydrogens is 216 g/mol. The number of sulfonamides is 1. The summed E-state index contributed by atoms with van der Waals surface area (Å²) in [6, 6.07) is 0. The lowest BCUT2D eigenvalue weighted by Crippen LogP contribution is -2.49. The maximum atomic E-state index is 11.7. The normalized spacial score (nSPS) is 20.7. The summed E-state index contributed by atoms with van der Waals surface area (Å²) in [4.78, 5) is 2.23. The van der Waals surface area contributed by atoms with Gasteiger partial charge in [-0.05, 0) is 13.0 Å². The van der Waals surface area contributed by atoms with E-state index in [1.54, 1.807) is 0 Å². The molecule has 0 aromatic carbocycles. The van der Waals surface area contributed by atoms with Crippen LogP contribution in [-0.4, -0.2) is 67.8 Å². The van der Waals surface area contributed by atoms with Gasteiger partial charge in [-0.3, -0.25) is 0 Å². The number of aliphatic hydroxyl groups excluding tert-OH is 1. The number of hydrogen-bond donors (Lipinski definition) is 1. The fourth-order valence-corrected chi connectivity index (χ4v) is 3.17. The first-order chi connectivity index (χ1) is 7.10. The number of nitrogens with zero attached hydrogens (tertiary/aromatic N) is 2. The Kier molecular flexibility index (Phi) is 4.98. The van der Waals surface area contributed by atoms with E-state index in [0.29, 0.717) is 19.5 Å². The van der Waals surface area contributed by atoms with Gasteiger partial charge in [0.15, 0.2) is 0 Å². The van der Waals surface area contributed by atoms with Crippen molar-refractivity contribution in [1.29, 1.82) is 0 Å². The van der Waals surface area contributed by atoms with E-state index >= 15 is 0 Å². The molecule has 0 atom stereocenters. The van der Waals surface area contributed by atoms with E-state index in [1.807, 2.05) is 0 Å². The van der Waals surface area contributed by atoms with Crippen LogP contribution in [0.3, 0.4) is 0 Å². The second kappa shape index (κ2) is 5.79. The van der Waals surface area contributed by atoms with Crippen LogP contribution in [0.2, 0.25) is 0 Å². The predicted octanol–water partition coefficient (Wildman–Crippen LogP) is -0.664. The lowest BCUT2D eigenvalue weighted by atomic mass is 10.4. The summed E-state index contributed by atoms with van der Waals surface area (Å²) >= 11 is 0. The Morgan fingerprint density at radius 2 is 1.80 bits per heavy atom. The third kappa shape index (κ3) is 3.71. The van der Waals surface area contributed by atoms with Gasteiger partial charge in [0.2, 0.25) is 10.0 Å². The van der Waals surface area contributed by atoms with Crippen LogP contribution in [0.5, 0.6) is 0 Å². The number of hydrogen-bond acceptors (Lipinski definition) is 4. The molecule has 0 amide bonds. The minimum absolute atomic E-state index is 0.0614. The highest BCUT2D eigenvalue weighted by Crippen LogP contribution is 2.08. The van der Waals surface area contributed by atoms with E-state index in [9.17, 15) is 8.42 Å². The van der Waals surface area contributed by atoms with Gasteiger partial charge in [0.1, 0.15) is 0 Å². The smallest absolute Gasteiger partial charge is 0.214 e. The van der Waals surface area contributed by atoms with Crippen LogP contribution in [-0.2, 0) is 10.0 Å².